The lowest BCUT2D eigenvalue weighted by atomic mass is 9.92. The minimum absolute atomic E-state index is 0.243. The van der Waals surface area contributed by atoms with E-state index in [0.29, 0.717) is 17.2 Å². The monoisotopic (exact) mass is 346 g/mol. The van der Waals surface area contributed by atoms with Crippen LogP contribution in [0.5, 0.6) is 0 Å². The van der Waals surface area contributed by atoms with Gasteiger partial charge in [-0.3, -0.25) is 0 Å². The molecular formula is C18H22N2O3S. The molecule has 1 fully saturated rings. The molecule has 1 aromatic heterocycles. The predicted molar refractivity (Wildman–Crippen MR) is 90.2 cm³/mol. The van der Waals surface area contributed by atoms with Gasteiger partial charge in [0.1, 0.15) is 0 Å². The summed E-state index contributed by atoms with van der Waals surface area (Å²) in [4.78, 5) is 0.409. The van der Waals surface area contributed by atoms with Crippen LogP contribution in [0.3, 0.4) is 0 Å². The van der Waals surface area contributed by atoms with Crippen molar-refractivity contribution in [2.45, 2.75) is 56.4 Å². The Balaban J connectivity index is 1.69. The summed E-state index contributed by atoms with van der Waals surface area (Å²) in [6.45, 7) is 2.38. The Hall–Kier alpha value is -1.66. The average Bonchev–Trinajstić information content (AvgIpc) is 3.23. The minimum Gasteiger partial charge on any atom is -0.359 e. The molecule has 0 spiro atoms. The number of aryl methyl sites for hydroxylation is 3. The summed E-state index contributed by atoms with van der Waals surface area (Å²) in [5.41, 5.74) is 3.26. The molecule has 2 heterocycles. The molecule has 24 heavy (non-hydrogen) atoms. The molecule has 0 radical (unpaired) electrons. The zero-order valence-electron chi connectivity index (χ0n) is 13.9. The molecule has 1 aliphatic heterocycles. The topological polar surface area (TPSA) is 63.4 Å². The van der Waals surface area contributed by atoms with E-state index in [1.54, 1.807) is 10.4 Å². The van der Waals surface area contributed by atoms with E-state index in [2.05, 4.69) is 5.16 Å². The maximum atomic E-state index is 13.2. The predicted octanol–water partition coefficient (Wildman–Crippen LogP) is 3.39. The van der Waals surface area contributed by atoms with Crippen LogP contribution in [0.1, 0.15) is 54.3 Å². The molecule has 128 valence electrons. The number of fused-ring (bicyclic) bond motifs is 1. The SMILES string of the molecule is Cc1cc([C@H]2CCCN2S(=O)(=O)c2ccc3c(c2)CCCC3)on1. The molecule has 5 nitrogen and oxygen atoms in total. The standard InChI is InChI=1S/C18H22N2O3S/c1-13-11-18(23-19-13)17-7-4-10-20(17)24(21,22)16-9-8-14-5-2-3-6-15(14)12-16/h8-9,11-12,17H,2-7,10H2,1H3/t17-/m1/s1. The van der Waals surface area contributed by atoms with Crippen LogP contribution in [-0.4, -0.2) is 24.4 Å². The third-order valence-corrected chi connectivity index (χ3v) is 7.01. The summed E-state index contributed by atoms with van der Waals surface area (Å²) in [6.07, 6.45) is 5.98. The molecular weight excluding hydrogens is 324 g/mol. The van der Waals surface area contributed by atoms with Gasteiger partial charge in [0.2, 0.25) is 10.0 Å². The van der Waals surface area contributed by atoms with Gasteiger partial charge in [-0.2, -0.15) is 4.31 Å². The van der Waals surface area contributed by atoms with Gasteiger partial charge in [0.15, 0.2) is 5.76 Å². The fourth-order valence-corrected chi connectivity index (χ4v) is 5.57. The van der Waals surface area contributed by atoms with Crippen molar-refractivity contribution in [3.8, 4) is 0 Å². The third-order valence-electron chi connectivity index (χ3n) is 5.10. The number of hydrogen-bond donors (Lipinski definition) is 0. The highest BCUT2D eigenvalue weighted by Crippen LogP contribution is 2.37. The first-order valence-electron chi connectivity index (χ1n) is 8.62. The van der Waals surface area contributed by atoms with E-state index in [4.69, 9.17) is 4.52 Å². The van der Waals surface area contributed by atoms with E-state index in [1.807, 2.05) is 25.1 Å². The second kappa shape index (κ2) is 6.01. The Bertz CT molecular complexity index is 857. The van der Waals surface area contributed by atoms with Gasteiger partial charge in [0.05, 0.1) is 16.6 Å². The number of aromatic nitrogens is 1. The maximum absolute atomic E-state index is 13.2. The van der Waals surface area contributed by atoms with Crippen molar-refractivity contribution in [2.24, 2.45) is 0 Å². The van der Waals surface area contributed by atoms with Gasteiger partial charge in [0.25, 0.3) is 0 Å². The highest BCUT2D eigenvalue weighted by atomic mass is 32.2. The first-order valence-corrected chi connectivity index (χ1v) is 10.1. The van der Waals surface area contributed by atoms with Crippen LogP contribution >= 0.6 is 0 Å². The molecule has 0 amide bonds. The zero-order chi connectivity index (χ0) is 16.7. The van der Waals surface area contributed by atoms with Crippen molar-refractivity contribution in [1.29, 1.82) is 0 Å². The Morgan fingerprint density at radius 3 is 2.67 bits per heavy atom. The second-order valence-corrected chi connectivity index (χ2v) is 8.67. The molecule has 6 heteroatoms. The van der Waals surface area contributed by atoms with Crippen molar-refractivity contribution in [3.63, 3.8) is 0 Å². The fourth-order valence-electron chi connectivity index (χ4n) is 3.86. The molecule has 1 aromatic carbocycles. The zero-order valence-corrected chi connectivity index (χ0v) is 14.7. The largest absolute Gasteiger partial charge is 0.359 e. The Labute approximate surface area is 142 Å². The first kappa shape index (κ1) is 15.8. The number of nitrogens with zero attached hydrogens (tertiary/aromatic N) is 2. The molecule has 0 unspecified atom stereocenters. The summed E-state index contributed by atoms with van der Waals surface area (Å²) in [7, 11) is -3.51. The van der Waals surface area contributed by atoms with Gasteiger partial charge < -0.3 is 4.52 Å². The molecule has 2 aliphatic rings. The van der Waals surface area contributed by atoms with Crippen LogP contribution in [0.4, 0.5) is 0 Å². The number of sulfonamides is 1. The van der Waals surface area contributed by atoms with Gasteiger partial charge in [-0.15, -0.1) is 0 Å². The maximum Gasteiger partial charge on any atom is 0.243 e. The van der Waals surface area contributed by atoms with E-state index in [0.717, 1.165) is 37.8 Å². The minimum atomic E-state index is -3.51. The summed E-state index contributed by atoms with van der Waals surface area (Å²) in [5, 5.41) is 3.91. The average molecular weight is 346 g/mol. The summed E-state index contributed by atoms with van der Waals surface area (Å²) in [6, 6.07) is 7.23. The molecule has 0 N–H and O–H groups in total. The summed E-state index contributed by atoms with van der Waals surface area (Å²) >= 11 is 0. The molecule has 0 saturated carbocycles. The lowest BCUT2D eigenvalue weighted by Crippen LogP contribution is -2.30. The first-order chi connectivity index (χ1) is 11.6. The van der Waals surface area contributed by atoms with Gasteiger partial charge in [-0.05, 0) is 68.7 Å². The molecule has 1 saturated heterocycles. The molecule has 1 aliphatic carbocycles. The van der Waals surface area contributed by atoms with Crippen LogP contribution in [0.25, 0.3) is 0 Å². The Morgan fingerprint density at radius 2 is 1.92 bits per heavy atom. The van der Waals surface area contributed by atoms with E-state index < -0.39 is 10.0 Å². The van der Waals surface area contributed by atoms with E-state index in [9.17, 15) is 8.42 Å². The molecule has 2 aromatic rings. The van der Waals surface area contributed by atoms with Crippen molar-refractivity contribution in [1.82, 2.24) is 9.46 Å². The van der Waals surface area contributed by atoms with Crippen LogP contribution < -0.4 is 0 Å². The lowest BCUT2D eigenvalue weighted by Gasteiger charge is -2.23. The molecule has 4 rings (SSSR count). The summed E-state index contributed by atoms with van der Waals surface area (Å²) in [5.74, 6) is 0.645. The Morgan fingerprint density at radius 1 is 1.12 bits per heavy atom. The quantitative estimate of drug-likeness (QED) is 0.854. The van der Waals surface area contributed by atoms with Gasteiger partial charge in [-0.1, -0.05) is 11.2 Å². The molecule has 1 atom stereocenters. The van der Waals surface area contributed by atoms with Crippen LogP contribution in [0.2, 0.25) is 0 Å². The van der Waals surface area contributed by atoms with Gasteiger partial charge in [0, 0.05) is 12.6 Å². The smallest absolute Gasteiger partial charge is 0.243 e. The van der Waals surface area contributed by atoms with Crippen LogP contribution in [0, 0.1) is 6.92 Å². The normalized spacial score (nSPS) is 21.8. The van der Waals surface area contributed by atoms with Gasteiger partial charge >= 0.3 is 0 Å². The number of hydrogen-bond acceptors (Lipinski definition) is 4. The third kappa shape index (κ3) is 2.67. The van der Waals surface area contributed by atoms with E-state index >= 15 is 0 Å². The van der Waals surface area contributed by atoms with Crippen molar-refractivity contribution < 1.29 is 12.9 Å². The van der Waals surface area contributed by atoms with Crippen LogP contribution in [0.15, 0.2) is 33.7 Å². The van der Waals surface area contributed by atoms with Crippen LogP contribution in [-0.2, 0) is 22.9 Å². The van der Waals surface area contributed by atoms with Crippen molar-refractivity contribution >= 4 is 10.0 Å². The van der Waals surface area contributed by atoms with Crippen molar-refractivity contribution in [3.05, 3.63) is 46.8 Å². The summed E-state index contributed by atoms with van der Waals surface area (Å²) < 4.78 is 33.3. The number of benzene rings is 1. The highest BCUT2D eigenvalue weighted by Gasteiger charge is 2.38. The lowest BCUT2D eigenvalue weighted by molar-refractivity contribution is 0.297. The Kier molecular flexibility index (Phi) is 3.96. The van der Waals surface area contributed by atoms with E-state index in [1.165, 1.54) is 17.5 Å². The van der Waals surface area contributed by atoms with Gasteiger partial charge in [-0.25, -0.2) is 8.42 Å². The second-order valence-electron chi connectivity index (χ2n) is 6.78. The number of rotatable bonds is 3. The highest BCUT2D eigenvalue weighted by molar-refractivity contribution is 7.89. The van der Waals surface area contributed by atoms with Crippen molar-refractivity contribution in [2.75, 3.05) is 6.54 Å². The molecule has 0 bridgehead atoms. The fraction of sp³-hybridized carbons (Fsp3) is 0.500. The van der Waals surface area contributed by atoms with E-state index in [-0.39, 0.29) is 6.04 Å².